The number of nitrogens with one attached hydrogen (secondary N) is 1. The molecule has 2 heteroatoms. The van der Waals surface area contributed by atoms with Crippen molar-refractivity contribution >= 4 is 11.0 Å². The molecule has 0 spiro atoms. The van der Waals surface area contributed by atoms with Crippen molar-refractivity contribution in [3.8, 4) is 0 Å². The topological polar surface area (TPSA) is 28.7 Å². The zero-order valence-electron chi connectivity index (χ0n) is 15.4. The van der Waals surface area contributed by atoms with E-state index >= 15 is 0 Å². The van der Waals surface area contributed by atoms with Crippen LogP contribution in [0.4, 0.5) is 0 Å². The number of hydrogen-bond donors (Lipinski definition) is 1. The lowest BCUT2D eigenvalue weighted by Crippen LogP contribution is -2.25. The number of benzene rings is 1. The smallest absolute Gasteiger partial charge is 0.107 e. The van der Waals surface area contributed by atoms with E-state index in [0.29, 0.717) is 0 Å². The zero-order valence-corrected chi connectivity index (χ0v) is 15.4. The van der Waals surface area contributed by atoms with Gasteiger partial charge >= 0.3 is 0 Å². The van der Waals surface area contributed by atoms with E-state index < -0.39 is 0 Å². The second-order valence-corrected chi connectivity index (χ2v) is 9.04. The third-order valence-corrected chi connectivity index (χ3v) is 5.33. The summed E-state index contributed by atoms with van der Waals surface area (Å²) in [5.41, 5.74) is 3.85. The van der Waals surface area contributed by atoms with Gasteiger partial charge in [-0.2, -0.15) is 0 Å². The van der Waals surface area contributed by atoms with Crippen LogP contribution in [0.15, 0.2) is 18.2 Å². The van der Waals surface area contributed by atoms with Gasteiger partial charge in [0.15, 0.2) is 0 Å². The molecule has 0 radical (unpaired) electrons. The van der Waals surface area contributed by atoms with Crippen LogP contribution in [-0.4, -0.2) is 9.97 Å². The maximum Gasteiger partial charge on any atom is 0.107 e. The maximum atomic E-state index is 4.83. The van der Waals surface area contributed by atoms with Crippen molar-refractivity contribution < 1.29 is 0 Å². The molecule has 1 aliphatic carbocycles. The first kappa shape index (κ1) is 16.5. The Morgan fingerprint density at radius 2 is 1.91 bits per heavy atom. The van der Waals surface area contributed by atoms with Crippen molar-refractivity contribution in [1.82, 2.24) is 9.97 Å². The molecule has 1 aliphatic rings. The Hall–Kier alpha value is -1.31. The number of aromatic amines is 1. The molecule has 0 amide bonds. The summed E-state index contributed by atoms with van der Waals surface area (Å²) in [5, 5.41) is 0. The lowest BCUT2D eigenvalue weighted by molar-refractivity contribution is 0.155. The van der Waals surface area contributed by atoms with Crippen LogP contribution >= 0.6 is 0 Å². The number of H-pyrrole nitrogens is 1. The van der Waals surface area contributed by atoms with Gasteiger partial charge in [0.1, 0.15) is 5.82 Å². The van der Waals surface area contributed by atoms with Crippen molar-refractivity contribution in [1.29, 1.82) is 0 Å². The van der Waals surface area contributed by atoms with Gasteiger partial charge in [-0.05, 0) is 66.5 Å². The van der Waals surface area contributed by atoms with Crippen molar-refractivity contribution in [3.63, 3.8) is 0 Å². The van der Waals surface area contributed by atoms with Gasteiger partial charge in [-0.15, -0.1) is 0 Å². The van der Waals surface area contributed by atoms with Crippen LogP contribution in [0.5, 0.6) is 0 Å². The van der Waals surface area contributed by atoms with Gasteiger partial charge in [0, 0.05) is 6.42 Å². The highest BCUT2D eigenvalue weighted by Gasteiger charge is 2.29. The number of fused-ring (bicyclic) bond motifs is 1. The fraction of sp³-hybridized carbons (Fsp3) is 0.667. The Bertz CT molecular complexity index is 654. The Labute approximate surface area is 141 Å². The maximum absolute atomic E-state index is 4.83. The second-order valence-electron chi connectivity index (χ2n) is 9.04. The van der Waals surface area contributed by atoms with E-state index in [0.717, 1.165) is 29.7 Å². The molecule has 0 atom stereocenters. The summed E-state index contributed by atoms with van der Waals surface area (Å²) in [7, 11) is 0. The van der Waals surface area contributed by atoms with E-state index in [9.17, 15) is 0 Å². The van der Waals surface area contributed by atoms with Gasteiger partial charge in [0.2, 0.25) is 0 Å². The second kappa shape index (κ2) is 6.30. The standard InChI is InChI=1S/C21H32N2/c1-14(2)10-16-11-15(12-16)6-9-20-22-18-8-7-17(21(3,4)5)13-19(18)23-20/h7-8,13-16H,6,9-12H2,1-5H3,(H,22,23)/t15-,16+. The van der Waals surface area contributed by atoms with E-state index in [1.165, 1.54) is 42.6 Å². The molecule has 3 rings (SSSR count). The Morgan fingerprint density at radius 3 is 2.57 bits per heavy atom. The summed E-state index contributed by atoms with van der Waals surface area (Å²) in [6.07, 6.45) is 6.68. The molecule has 1 aromatic heterocycles. The number of imidazole rings is 1. The van der Waals surface area contributed by atoms with Crippen LogP contribution in [0.2, 0.25) is 0 Å². The fourth-order valence-corrected chi connectivity index (χ4v) is 3.95. The molecular weight excluding hydrogens is 280 g/mol. The van der Waals surface area contributed by atoms with Crippen molar-refractivity contribution in [2.45, 2.75) is 72.1 Å². The monoisotopic (exact) mass is 312 g/mol. The highest BCUT2D eigenvalue weighted by Crippen LogP contribution is 2.40. The first-order valence-electron chi connectivity index (χ1n) is 9.30. The summed E-state index contributed by atoms with van der Waals surface area (Å²) in [6, 6.07) is 6.67. The molecule has 1 N–H and O–H groups in total. The summed E-state index contributed by atoms with van der Waals surface area (Å²) in [5.74, 6) is 3.94. The molecule has 2 aromatic rings. The van der Waals surface area contributed by atoms with Gasteiger partial charge in [-0.3, -0.25) is 0 Å². The van der Waals surface area contributed by atoms with Crippen LogP contribution in [0.1, 0.15) is 71.7 Å². The Kier molecular flexibility index (Phi) is 4.53. The average molecular weight is 313 g/mol. The summed E-state index contributed by atoms with van der Waals surface area (Å²) in [4.78, 5) is 8.34. The van der Waals surface area contributed by atoms with Crippen molar-refractivity contribution in [2.75, 3.05) is 0 Å². The number of aryl methyl sites for hydroxylation is 1. The van der Waals surface area contributed by atoms with Gasteiger partial charge in [-0.1, -0.05) is 40.7 Å². The highest BCUT2D eigenvalue weighted by molar-refractivity contribution is 5.76. The van der Waals surface area contributed by atoms with Crippen molar-refractivity contribution in [3.05, 3.63) is 29.6 Å². The van der Waals surface area contributed by atoms with Gasteiger partial charge < -0.3 is 4.98 Å². The van der Waals surface area contributed by atoms with E-state index in [-0.39, 0.29) is 5.41 Å². The predicted octanol–water partition coefficient (Wildman–Crippen LogP) is 5.87. The molecule has 0 bridgehead atoms. The van der Waals surface area contributed by atoms with E-state index in [2.05, 4.69) is 57.8 Å². The van der Waals surface area contributed by atoms with Crippen molar-refractivity contribution in [2.24, 2.45) is 17.8 Å². The fourth-order valence-electron chi connectivity index (χ4n) is 3.95. The minimum atomic E-state index is 0.185. The SMILES string of the molecule is CC(C)C[C@H]1C[C@@H](CCc2nc3cc(C(C)(C)C)ccc3[nH]2)C1. The highest BCUT2D eigenvalue weighted by atomic mass is 14.9. The molecular formula is C21H32N2. The largest absolute Gasteiger partial charge is 0.342 e. The first-order valence-corrected chi connectivity index (χ1v) is 9.30. The zero-order chi connectivity index (χ0) is 16.6. The molecule has 0 aliphatic heterocycles. The van der Waals surface area contributed by atoms with Gasteiger partial charge in [0.05, 0.1) is 11.0 Å². The van der Waals surface area contributed by atoms with Crippen LogP contribution in [0.3, 0.4) is 0 Å². The third-order valence-electron chi connectivity index (χ3n) is 5.33. The number of nitrogens with zero attached hydrogens (tertiary/aromatic N) is 1. The molecule has 126 valence electrons. The Balaban J connectivity index is 1.57. The number of rotatable bonds is 5. The minimum absolute atomic E-state index is 0.185. The van der Waals surface area contributed by atoms with Crippen LogP contribution in [-0.2, 0) is 11.8 Å². The van der Waals surface area contributed by atoms with Gasteiger partial charge in [-0.25, -0.2) is 4.98 Å². The Morgan fingerprint density at radius 1 is 1.17 bits per heavy atom. The lowest BCUT2D eigenvalue weighted by atomic mass is 9.70. The molecule has 1 aromatic carbocycles. The quantitative estimate of drug-likeness (QED) is 0.735. The number of aromatic nitrogens is 2. The van der Waals surface area contributed by atoms with E-state index in [1.807, 2.05) is 0 Å². The van der Waals surface area contributed by atoms with Crippen LogP contribution in [0.25, 0.3) is 11.0 Å². The first-order chi connectivity index (χ1) is 10.8. The van der Waals surface area contributed by atoms with E-state index in [1.54, 1.807) is 0 Å². The number of hydrogen-bond acceptors (Lipinski definition) is 1. The van der Waals surface area contributed by atoms with Gasteiger partial charge in [0.25, 0.3) is 0 Å². The summed E-state index contributed by atoms with van der Waals surface area (Å²) >= 11 is 0. The van der Waals surface area contributed by atoms with Crippen LogP contribution < -0.4 is 0 Å². The molecule has 1 heterocycles. The van der Waals surface area contributed by atoms with E-state index in [4.69, 9.17) is 4.98 Å². The molecule has 23 heavy (non-hydrogen) atoms. The predicted molar refractivity (Wildman–Crippen MR) is 98.8 cm³/mol. The summed E-state index contributed by atoms with van der Waals surface area (Å²) < 4.78 is 0. The molecule has 1 fully saturated rings. The third kappa shape index (κ3) is 3.97. The minimum Gasteiger partial charge on any atom is -0.342 e. The lowest BCUT2D eigenvalue weighted by Gasteiger charge is -2.36. The summed E-state index contributed by atoms with van der Waals surface area (Å²) in [6.45, 7) is 11.4. The molecule has 1 saturated carbocycles. The molecule has 2 nitrogen and oxygen atoms in total. The molecule has 0 saturated heterocycles. The average Bonchev–Trinajstić information content (AvgIpc) is 2.81. The molecule has 0 unspecified atom stereocenters. The normalized spacial score (nSPS) is 21.8. The van der Waals surface area contributed by atoms with Crippen LogP contribution in [0, 0.1) is 17.8 Å².